The highest BCUT2D eigenvalue weighted by molar-refractivity contribution is 5.83. The van der Waals surface area contributed by atoms with Crippen LogP contribution in [0.15, 0.2) is 152 Å². The van der Waals surface area contributed by atoms with Crippen LogP contribution in [0.3, 0.4) is 0 Å². The molecule has 5 aromatic carbocycles. The third-order valence-corrected chi connectivity index (χ3v) is 8.87. The number of benzene rings is 5. The van der Waals surface area contributed by atoms with E-state index in [1.165, 1.54) is 22.3 Å². The molecule has 0 amide bonds. The van der Waals surface area contributed by atoms with E-state index >= 15 is 0 Å². The lowest BCUT2D eigenvalue weighted by Crippen LogP contribution is -2.15. The predicted octanol–water partition coefficient (Wildman–Crippen LogP) is 11.0. The van der Waals surface area contributed by atoms with Crippen molar-refractivity contribution in [2.45, 2.75) is 26.2 Å². The Morgan fingerprint density at radius 1 is 0.543 bits per heavy atom. The molecular formula is C43H35N3. The zero-order valence-electron chi connectivity index (χ0n) is 26.4. The number of rotatable bonds is 7. The molecule has 0 spiro atoms. The number of allylic oxidation sites excluding steroid dienone is 5. The summed E-state index contributed by atoms with van der Waals surface area (Å²) in [5, 5.41) is 0. The molecule has 0 saturated heterocycles. The lowest BCUT2D eigenvalue weighted by atomic mass is 9.82. The van der Waals surface area contributed by atoms with E-state index in [2.05, 4.69) is 149 Å². The van der Waals surface area contributed by atoms with E-state index in [0.29, 0.717) is 17.5 Å². The van der Waals surface area contributed by atoms with Crippen LogP contribution in [0.25, 0.3) is 62.0 Å². The summed E-state index contributed by atoms with van der Waals surface area (Å²) in [6.45, 7) is 10.5. The SMILES string of the molecule is C=C/C=C\C=C(/C)c1cccc(-c2nc(-c3cccc(-c4ccccc4)c3)nc(-c3ccc4c(c3)C(C)(C)c3ccccc3-4)n2)c1. The molecule has 3 nitrogen and oxygen atoms in total. The van der Waals surface area contributed by atoms with Gasteiger partial charge in [0.05, 0.1) is 0 Å². The van der Waals surface area contributed by atoms with Crippen molar-refractivity contribution in [3.05, 3.63) is 169 Å². The maximum absolute atomic E-state index is 5.11. The van der Waals surface area contributed by atoms with Crippen LogP contribution in [-0.4, -0.2) is 15.0 Å². The average Bonchev–Trinajstić information content (AvgIpc) is 3.34. The fourth-order valence-electron chi connectivity index (χ4n) is 6.35. The first-order valence-corrected chi connectivity index (χ1v) is 15.7. The molecule has 1 aliphatic rings. The maximum atomic E-state index is 5.11. The van der Waals surface area contributed by atoms with Crippen molar-refractivity contribution >= 4 is 5.57 Å². The van der Waals surface area contributed by atoms with Gasteiger partial charge < -0.3 is 0 Å². The molecule has 0 saturated carbocycles. The monoisotopic (exact) mass is 593 g/mol. The van der Waals surface area contributed by atoms with Gasteiger partial charge in [0.1, 0.15) is 0 Å². The third kappa shape index (κ3) is 5.41. The zero-order chi connectivity index (χ0) is 31.7. The highest BCUT2D eigenvalue weighted by atomic mass is 15.0. The topological polar surface area (TPSA) is 38.7 Å². The Morgan fingerprint density at radius 3 is 1.87 bits per heavy atom. The van der Waals surface area contributed by atoms with Crippen molar-refractivity contribution in [2.75, 3.05) is 0 Å². The Bertz CT molecular complexity index is 2150. The number of hydrogen-bond donors (Lipinski definition) is 0. The molecule has 0 aliphatic heterocycles. The van der Waals surface area contributed by atoms with Crippen molar-refractivity contribution in [3.63, 3.8) is 0 Å². The molecule has 1 heterocycles. The van der Waals surface area contributed by atoms with E-state index in [0.717, 1.165) is 39.0 Å². The molecule has 7 rings (SSSR count). The van der Waals surface area contributed by atoms with Gasteiger partial charge in [-0.15, -0.1) is 0 Å². The number of aromatic nitrogens is 3. The van der Waals surface area contributed by atoms with Crippen LogP contribution < -0.4 is 0 Å². The second-order valence-corrected chi connectivity index (χ2v) is 12.2. The Kier molecular flexibility index (Phi) is 7.60. The van der Waals surface area contributed by atoms with Gasteiger partial charge in [0.15, 0.2) is 17.5 Å². The van der Waals surface area contributed by atoms with Crippen molar-refractivity contribution in [1.29, 1.82) is 0 Å². The van der Waals surface area contributed by atoms with Crippen molar-refractivity contribution in [2.24, 2.45) is 0 Å². The quantitative estimate of drug-likeness (QED) is 0.173. The fourth-order valence-corrected chi connectivity index (χ4v) is 6.35. The highest BCUT2D eigenvalue weighted by Gasteiger charge is 2.35. The molecule has 0 unspecified atom stereocenters. The van der Waals surface area contributed by atoms with E-state index in [1.54, 1.807) is 6.08 Å². The van der Waals surface area contributed by atoms with Gasteiger partial charge in [0.2, 0.25) is 0 Å². The van der Waals surface area contributed by atoms with Crippen LogP contribution in [0.2, 0.25) is 0 Å². The first-order chi connectivity index (χ1) is 22.4. The van der Waals surface area contributed by atoms with Crippen LogP contribution >= 0.6 is 0 Å². The van der Waals surface area contributed by atoms with Crippen molar-refractivity contribution < 1.29 is 0 Å². The van der Waals surface area contributed by atoms with Crippen molar-refractivity contribution in [1.82, 2.24) is 15.0 Å². The minimum absolute atomic E-state index is 0.122. The fraction of sp³-hybridized carbons (Fsp3) is 0.0930. The average molecular weight is 594 g/mol. The van der Waals surface area contributed by atoms with Gasteiger partial charge in [-0.25, -0.2) is 15.0 Å². The van der Waals surface area contributed by atoms with E-state index in [9.17, 15) is 0 Å². The molecular weight excluding hydrogens is 558 g/mol. The van der Waals surface area contributed by atoms with Gasteiger partial charge in [-0.2, -0.15) is 0 Å². The zero-order valence-corrected chi connectivity index (χ0v) is 26.4. The van der Waals surface area contributed by atoms with Crippen molar-refractivity contribution in [3.8, 4) is 56.4 Å². The molecule has 0 radical (unpaired) electrons. The second kappa shape index (κ2) is 12.0. The third-order valence-electron chi connectivity index (χ3n) is 8.87. The number of nitrogens with zero attached hydrogens (tertiary/aromatic N) is 3. The molecule has 0 N–H and O–H groups in total. The Morgan fingerprint density at radius 2 is 1.13 bits per heavy atom. The summed E-state index contributed by atoms with van der Waals surface area (Å²) < 4.78 is 0. The van der Waals surface area contributed by atoms with Gasteiger partial charge in [-0.3, -0.25) is 0 Å². The van der Waals surface area contributed by atoms with Gasteiger partial charge in [0, 0.05) is 22.1 Å². The van der Waals surface area contributed by atoms with Crippen LogP contribution in [0, 0.1) is 0 Å². The van der Waals surface area contributed by atoms with Crippen LogP contribution in [-0.2, 0) is 5.41 Å². The second-order valence-electron chi connectivity index (χ2n) is 12.2. The van der Waals surface area contributed by atoms with Gasteiger partial charge in [-0.05, 0) is 69.6 Å². The molecule has 0 fully saturated rings. The van der Waals surface area contributed by atoms with Gasteiger partial charge in [0.25, 0.3) is 0 Å². The first-order valence-electron chi connectivity index (χ1n) is 15.7. The summed E-state index contributed by atoms with van der Waals surface area (Å²) in [5.41, 5.74) is 12.5. The molecule has 1 aliphatic carbocycles. The van der Waals surface area contributed by atoms with Crippen LogP contribution in [0.1, 0.15) is 37.5 Å². The smallest absolute Gasteiger partial charge is 0.164 e. The molecule has 0 atom stereocenters. The first kappa shape index (κ1) is 29.1. The summed E-state index contributed by atoms with van der Waals surface area (Å²) in [6, 6.07) is 42.6. The Hall–Kier alpha value is -5.67. The molecule has 0 bridgehead atoms. The Balaban J connectivity index is 1.38. The van der Waals surface area contributed by atoms with E-state index in [1.807, 2.05) is 18.2 Å². The highest BCUT2D eigenvalue weighted by Crippen LogP contribution is 2.49. The Labute approximate surface area is 271 Å². The van der Waals surface area contributed by atoms with E-state index < -0.39 is 0 Å². The molecule has 6 aromatic rings. The minimum atomic E-state index is -0.122. The standard InChI is InChI=1S/C43H35N3/c1-5-6-8-15-29(2)31-18-13-20-33(26-31)40-44-41(34-21-14-19-32(27-34)30-16-9-7-10-17-30)46-42(45-40)35-24-25-37-36-22-11-12-23-38(36)43(3,4)39(37)28-35/h5-28H,1H2,2-4H3/b8-6-,29-15+. The lowest BCUT2D eigenvalue weighted by molar-refractivity contribution is 0.660. The number of fused-ring (bicyclic) bond motifs is 3. The normalized spacial score (nSPS) is 13.4. The van der Waals surface area contributed by atoms with Gasteiger partial charge in [-0.1, -0.05) is 148 Å². The summed E-state index contributed by atoms with van der Waals surface area (Å²) in [6.07, 6.45) is 7.80. The lowest BCUT2D eigenvalue weighted by Gasteiger charge is -2.21. The largest absolute Gasteiger partial charge is 0.208 e. The van der Waals surface area contributed by atoms with Gasteiger partial charge >= 0.3 is 0 Å². The summed E-state index contributed by atoms with van der Waals surface area (Å²) in [7, 11) is 0. The summed E-state index contributed by atoms with van der Waals surface area (Å²) in [5.74, 6) is 1.95. The molecule has 222 valence electrons. The summed E-state index contributed by atoms with van der Waals surface area (Å²) >= 11 is 0. The number of hydrogen-bond acceptors (Lipinski definition) is 3. The van der Waals surface area contributed by atoms with Crippen LogP contribution in [0.4, 0.5) is 0 Å². The van der Waals surface area contributed by atoms with Crippen LogP contribution in [0.5, 0.6) is 0 Å². The van der Waals surface area contributed by atoms with E-state index in [4.69, 9.17) is 15.0 Å². The minimum Gasteiger partial charge on any atom is -0.208 e. The molecule has 1 aromatic heterocycles. The maximum Gasteiger partial charge on any atom is 0.164 e. The molecule has 46 heavy (non-hydrogen) atoms. The summed E-state index contributed by atoms with van der Waals surface area (Å²) in [4.78, 5) is 15.3. The van der Waals surface area contributed by atoms with E-state index in [-0.39, 0.29) is 5.41 Å². The predicted molar refractivity (Wildman–Crippen MR) is 192 cm³/mol. The molecule has 3 heteroatoms.